The molecular weight excluding hydrogens is 314 g/mol. The Labute approximate surface area is 141 Å². The van der Waals surface area contributed by atoms with Gasteiger partial charge >= 0.3 is 0 Å². The third kappa shape index (κ3) is 4.97. The molecule has 0 saturated carbocycles. The normalized spacial score (nSPS) is 13.0. The number of aliphatic imine (C=N–C) groups is 1. The van der Waals surface area contributed by atoms with Gasteiger partial charge in [-0.05, 0) is 17.7 Å². The van der Waals surface area contributed by atoms with Crippen LogP contribution in [0.15, 0.2) is 41.7 Å². The van der Waals surface area contributed by atoms with Crippen LogP contribution in [0.2, 0.25) is 5.02 Å². The van der Waals surface area contributed by atoms with E-state index in [1.807, 2.05) is 43.5 Å². The zero-order chi connectivity index (χ0) is 16.8. The number of hydrogen-bond donors (Lipinski definition) is 2. The van der Waals surface area contributed by atoms with Crippen molar-refractivity contribution in [3.8, 4) is 0 Å². The maximum Gasteiger partial charge on any atom is 0.193 e. The quantitative estimate of drug-likeness (QED) is 0.646. The van der Waals surface area contributed by atoms with Crippen molar-refractivity contribution < 1.29 is 5.11 Å². The summed E-state index contributed by atoms with van der Waals surface area (Å²) < 4.78 is 1.77. The molecule has 1 atom stereocenters. The molecule has 0 bridgehead atoms. The number of nitrogens with one attached hydrogen (secondary N) is 1. The van der Waals surface area contributed by atoms with Gasteiger partial charge in [0.25, 0.3) is 0 Å². The number of aliphatic hydroxyl groups is 1. The molecule has 7 heteroatoms. The zero-order valence-corrected chi connectivity index (χ0v) is 14.3. The monoisotopic (exact) mass is 335 g/mol. The van der Waals surface area contributed by atoms with Crippen molar-refractivity contribution in [1.82, 2.24) is 20.0 Å². The summed E-state index contributed by atoms with van der Waals surface area (Å²) in [4.78, 5) is 6.22. The van der Waals surface area contributed by atoms with E-state index in [9.17, 15) is 5.11 Å². The van der Waals surface area contributed by atoms with E-state index in [1.165, 1.54) is 0 Å². The maximum absolute atomic E-state index is 10.2. The first-order valence-electron chi connectivity index (χ1n) is 7.32. The number of nitrogens with zero attached hydrogens (tertiary/aromatic N) is 4. The fraction of sp³-hybridized carbons (Fsp3) is 0.375. The average Bonchev–Trinajstić information content (AvgIpc) is 2.93. The molecular formula is C16H22ClN5O. The van der Waals surface area contributed by atoms with Gasteiger partial charge in [-0.15, -0.1) is 0 Å². The molecule has 6 nitrogen and oxygen atoms in total. The molecule has 1 aromatic heterocycles. The third-order valence-corrected chi connectivity index (χ3v) is 3.71. The van der Waals surface area contributed by atoms with Gasteiger partial charge in [0.1, 0.15) is 0 Å². The van der Waals surface area contributed by atoms with Crippen molar-refractivity contribution in [3.05, 3.63) is 52.8 Å². The van der Waals surface area contributed by atoms with Gasteiger partial charge in [0, 0.05) is 51.0 Å². The van der Waals surface area contributed by atoms with Gasteiger partial charge in [0.2, 0.25) is 0 Å². The SMILES string of the molecule is CN=C(NCC(O)c1ccc(Cl)cc1)N(C)Cc1cnn(C)c1. The highest BCUT2D eigenvalue weighted by Crippen LogP contribution is 2.15. The van der Waals surface area contributed by atoms with Crippen LogP contribution in [0.1, 0.15) is 17.2 Å². The van der Waals surface area contributed by atoms with E-state index in [-0.39, 0.29) is 0 Å². The van der Waals surface area contributed by atoms with E-state index >= 15 is 0 Å². The molecule has 0 fully saturated rings. The number of aliphatic hydroxyl groups excluding tert-OH is 1. The molecule has 1 heterocycles. The van der Waals surface area contributed by atoms with E-state index in [4.69, 9.17) is 11.6 Å². The van der Waals surface area contributed by atoms with Crippen LogP contribution in [0.3, 0.4) is 0 Å². The van der Waals surface area contributed by atoms with Crippen LogP contribution in [0, 0.1) is 0 Å². The van der Waals surface area contributed by atoms with Gasteiger partial charge in [0.05, 0.1) is 12.3 Å². The van der Waals surface area contributed by atoms with Crippen LogP contribution in [0.25, 0.3) is 0 Å². The van der Waals surface area contributed by atoms with Crippen molar-refractivity contribution in [2.75, 3.05) is 20.6 Å². The van der Waals surface area contributed by atoms with Crippen LogP contribution in [-0.4, -0.2) is 46.4 Å². The zero-order valence-electron chi connectivity index (χ0n) is 13.6. The number of hydrogen-bond acceptors (Lipinski definition) is 3. The minimum atomic E-state index is -0.629. The number of aryl methyl sites for hydroxylation is 1. The van der Waals surface area contributed by atoms with Gasteiger partial charge in [0.15, 0.2) is 5.96 Å². The number of rotatable bonds is 5. The molecule has 0 aliphatic rings. The van der Waals surface area contributed by atoms with Crippen molar-refractivity contribution in [2.45, 2.75) is 12.6 Å². The maximum atomic E-state index is 10.2. The number of benzene rings is 1. The summed E-state index contributed by atoms with van der Waals surface area (Å²) >= 11 is 5.86. The van der Waals surface area contributed by atoms with Crippen LogP contribution in [0.4, 0.5) is 0 Å². The topological polar surface area (TPSA) is 65.7 Å². The number of aromatic nitrogens is 2. The lowest BCUT2D eigenvalue weighted by atomic mass is 10.1. The molecule has 0 aliphatic carbocycles. The van der Waals surface area contributed by atoms with Crippen LogP contribution in [-0.2, 0) is 13.6 Å². The summed E-state index contributed by atoms with van der Waals surface area (Å²) in [6.07, 6.45) is 3.16. The predicted octanol–water partition coefficient (Wildman–Crippen LogP) is 1.81. The first-order valence-corrected chi connectivity index (χ1v) is 7.70. The Morgan fingerprint density at radius 2 is 2.13 bits per heavy atom. The van der Waals surface area contributed by atoms with Gasteiger partial charge < -0.3 is 15.3 Å². The molecule has 0 saturated heterocycles. The van der Waals surface area contributed by atoms with Crippen molar-refractivity contribution in [2.24, 2.45) is 12.0 Å². The summed E-state index contributed by atoms with van der Waals surface area (Å²) in [5.74, 6) is 0.710. The third-order valence-electron chi connectivity index (χ3n) is 3.46. The van der Waals surface area contributed by atoms with E-state index in [1.54, 1.807) is 23.9 Å². The standard InChI is InChI=1S/C16H22ClN5O/c1-18-16(21(2)10-12-8-20-22(3)11-12)19-9-15(23)13-4-6-14(17)7-5-13/h4-8,11,15,23H,9-10H2,1-3H3,(H,18,19). The lowest BCUT2D eigenvalue weighted by Crippen LogP contribution is -2.40. The van der Waals surface area contributed by atoms with Gasteiger partial charge in [-0.1, -0.05) is 23.7 Å². The Kier molecular flexibility index (Phi) is 6.01. The average molecular weight is 336 g/mol. The largest absolute Gasteiger partial charge is 0.387 e. The Morgan fingerprint density at radius 3 is 2.70 bits per heavy atom. The first-order chi connectivity index (χ1) is 11.0. The molecule has 0 aliphatic heterocycles. The predicted molar refractivity (Wildman–Crippen MR) is 92.4 cm³/mol. The fourth-order valence-electron chi connectivity index (χ4n) is 2.28. The summed E-state index contributed by atoms with van der Waals surface area (Å²) in [5, 5.41) is 18.2. The molecule has 0 amide bonds. The van der Waals surface area contributed by atoms with E-state index in [2.05, 4.69) is 15.4 Å². The molecule has 0 spiro atoms. The molecule has 1 aromatic carbocycles. The van der Waals surface area contributed by atoms with Crippen molar-refractivity contribution in [3.63, 3.8) is 0 Å². The lowest BCUT2D eigenvalue weighted by Gasteiger charge is -2.23. The van der Waals surface area contributed by atoms with E-state index in [0.717, 1.165) is 11.1 Å². The second-order valence-corrected chi connectivity index (χ2v) is 5.81. The smallest absolute Gasteiger partial charge is 0.193 e. The molecule has 124 valence electrons. The summed E-state index contributed by atoms with van der Waals surface area (Å²) in [7, 11) is 5.55. The molecule has 2 N–H and O–H groups in total. The van der Waals surface area contributed by atoms with Gasteiger partial charge in [-0.25, -0.2) is 0 Å². The van der Waals surface area contributed by atoms with E-state index in [0.29, 0.717) is 24.1 Å². The molecule has 1 unspecified atom stereocenters. The van der Waals surface area contributed by atoms with Gasteiger partial charge in [-0.2, -0.15) is 5.10 Å². The second kappa shape index (κ2) is 7.99. The first kappa shape index (κ1) is 17.3. The minimum Gasteiger partial charge on any atom is -0.387 e. The van der Waals surface area contributed by atoms with Crippen molar-refractivity contribution in [1.29, 1.82) is 0 Å². The summed E-state index contributed by atoms with van der Waals surface area (Å²) in [5.41, 5.74) is 1.91. The fourth-order valence-corrected chi connectivity index (χ4v) is 2.40. The molecule has 0 radical (unpaired) electrons. The highest BCUT2D eigenvalue weighted by molar-refractivity contribution is 6.30. The number of guanidine groups is 1. The van der Waals surface area contributed by atoms with Crippen molar-refractivity contribution >= 4 is 17.6 Å². The Hall–Kier alpha value is -2.05. The van der Waals surface area contributed by atoms with Crippen LogP contribution < -0.4 is 5.32 Å². The molecule has 2 aromatic rings. The molecule has 23 heavy (non-hydrogen) atoms. The Morgan fingerprint density at radius 1 is 1.43 bits per heavy atom. The lowest BCUT2D eigenvalue weighted by molar-refractivity contribution is 0.179. The highest BCUT2D eigenvalue weighted by atomic mass is 35.5. The summed E-state index contributed by atoms with van der Waals surface area (Å²) in [6, 6.07) is 7.17. The van der Waals surface area contributed by atoms with E-state index < -0.39 is 6.10 Å². The second-order valence-electron chi connectivity index (χ2n) is 5.37. The van der Waals surface area contributed by atoms with Gasteiger partial charge in [-0.3, -0.25) is 9.67 Å². The van der Waals surface area contributed by atoms with Crippen LogP contribution >= 0.6 is 11.6 Å². The molecule has 2 rings (SSSR count). The Balaban J connectivity index is 1.90. The van der Waals surface area contributed by atoms with Crippen LogP contribution in [0.5, 0.6) is 0 Å². The highest BCUT2D eigenvalue weighted by Gasteiger charge is 2.11. The number of halogens is 1. The Bertz CT molecular complexity index is 653. The minimum absolute atomic E-state index is 0.367. The summed E-state index contributed by atoms with van der Waals surface area (Å²) in [6.45, 7) is 1.05.